The number of nitrogens with zero attached hydrogens (tertiary/aromatic N) is 2. The average Bonchev–Trinajstić information content (AvgIpc) is 2.75. The van der Waals surface area contributed by atoms with Crippen LogP contribution in [0.15, 0.2) is 12.1 Å². The number of benzene rings is 1. The van der Waals surface area contributed by atoms with Crippen molar-refractivity contribution in [3.63, 3.8) is 0 Å². The molecule has 3 rings (SSSR count). The SMILES string of the molecule is C#CCOc1ccc(OCC(O)CNCCN2CCN(C)CC2)c2c1NC(=O)CC2. The number of nitrogens with one attached hydrogen (secondary N) is 2. The minimum Gasteiger partial charge on any atom is -0.490 e. The summed E-state index contributed by atoms with van der Waals surface area (Å²) in [5.74, 6) is 3.55. The molecular weight excluding hydrogens is 384 g/mol. The van der Waals surface area contributed by atoms with E-state index in [9.17, 15) is 9.90 Å². The van der Waals surface area contributed by atoms with E-state index in [-0.39, 0.29) is 19.1 Å². The van der Waals surface area contributed by atoms with E-state index < -0.39 is 6.10 Å². The van der Waals surface area contributed by atoms with Gasteiger partial charge in [0.1, 0.15) is 30.8 Å². The molecule has 1 atom stereocenters. The van der Waals surface area contributed by atoms with Crippen molar-refractivity contribution < 1.29 is 19.4 Å². The number of hydrogen-bond donors (Lipinski definition) is 3. The fraction of sp³-hybridized carbons (Fsp3) is 0.591. The van der Waals surface area contributed by atoms with Crippen molar-refractivity contribution in [2.45, 2.75) is 18.9 Å². The number of rotatable bonds is 10. The van der Waals surface area contributed by atoms with Crippen LogP contribution in [0, 0.1) is 12.3 Å². The van der Waals surface area contributed by atoms with Gasteiger partial charge in [0, 0.05) is 57.8 Å². The summed E-state index contributed by atoms with van der Waals surface area (Å²) < 4.78 is 11.4. The predicted molar refractivity (Wildman–Crippen MR) is 116 cm³/mol. The molecule has 30 heavy (non-hydrogen) atoms. The summed E-state index contributed by atoms with van der Waals surface area (Å²) >= 11 is 0. The predicted octanol–water partition coefficient (Wildman–Crippen LogP) is 0.160. The molecule has 2 aliphatic heterocycles. The third kappa shape index (κ3) is 6.34. The van der Waals surface area contributed by atoms with Gasteiger partial charge >= 0.3 is 0 Å². The lowest BCUT2D eigenvalue weighted by atomic mass is 10.0. The number of hydrogen-bond acceptors (Lipinski definition) is 7. The van der Waals surface area contributed by atoms with Gasteiger partial charge in [0.25, 0.3) is 0 Å². The van der Waals surface area contributed by atoms with Crippen LogP contribution in [-0.2, 0) is 11.2 Å². The Balaban J connectivity index is 1.45. The number of piperazine rings is 1. The van der Waals surface area contributed by atoms with Gasteiger partial charge in [-0.1, -0.05) is 5.92 Å². The van der Waals surface area contributed by atoms with E-state index in [0.717, 1.165) is 44.8 Å². The number of aliphatic hydroxyl groups excluding tert-OH is 1. The van der Waals surface area contributed by atoms with Crippen molar-refractivity contribution in [3.05, 3.63) is 17.7 Å². The monoisotopic (exact) mass is 416 g/mol. The third-order valence-electron chi connectivity index (χ3n) is 5.42. The Morgan fingerprint density at radius 3 is 2.77 bits per heavy atom. The van der Waals surface area contributed by atoms with Gasteiger partial charge in [0.15, 0.2) is 0 Å². The zero-order valence-electron chi connectivity index (χ0n) is 17.7. The standard InChI is InChI=1S/C22H32N4O4/c1-3-14-29-20-6-5-19(18-4-7-21(28)24-22(18)20)30-16-17(27)15-23-8-9-26-12-10-25(2)11-13-26/h1,5-6,17,23,27H,4,7-16H2,2H3,(H,24,28). The third-order valence-corrected chi connectivity index (χ3v) is 5.42. The molecule has 164 valence electrons. The largest absolute Gasteiger partial charge is 0.490 e. The molecule has 0 aromatic heterocycles. The molecule has 1 amide bonds. The van der Waals surface area contributed by atoms with Crippen LogP contribution in [0.1, 0.15) is 12.0 Å². The Morgan fingerprint density at radius 1 is 1.23 bits per heavy atom. The highest BCUT2D eigenvalue weighted by Gasteiger charge is 2.23. The van der Waals surface area contributed by atoms with Gasteiger partial charge in [-0.05, 0) is 25.6 Å². The van der Waals surface area contributed by atoms with Gasteiger partial charge in [-0.25, -0.2) is 0 Å². The van der Waals surface area contributed by atoms with E-state index in [1.165, 1.54) is 0 Å². The number of fused-ring (bicyclic) bond motifs is 1. The Hall–Kier alpha value is -2.31. The fourth-order valence-electron chi connectivity index (χ4n) is 3.63. The van der Waals surface area contributed by atoms with Crippen LogP contribution < -0.4 is 20.1 Å². The van der Waals surface area contributed by atoms with Crippen molar-refractivity contribution >= 4 is 11.6 Å². The van der Waals surface area contributed by atoms with Gasteiger partial charge in [0.05, 0.1) is 5.69 Å². The van der Waals surface area contributed by atoms with Gasteiger partial charge in [-0.3, -0.25) is 9.69 Å². The van der Waals surface area contributed by atoms with Crippen LogP contribution in [0.5, 0.6) is 11.5 Å². The van der Waals surface area contributed by atoms with E-state index in [0.29, 0.717) is 36.6 Å². The smallest absolute Gasteiger partial charge is 0.224 e. The summed E-state index contributed by atoms with van der Waals surface area (Å²) in [6.45, 7) is 6.97. The summed E-state index contributed by atoms with van der Waals surface area (Å²) in [5, 5.41) is 16.4. The van der Waals surface area contributed by atoms with Crippen molar-refractivity contribution in [2.75, 3.05) is 71.4 Å². The molecule has 1 saturated heterocycles. The molecule has 1 aromatic rings. The first-order valence-corrected chi connectivity index (χ1v) is 10.5. The first-order chi connectivity index (χ1) is 14.6. The van der Waals surface area contributed by atoms with Gasteiger partial charge < -0.3 is 30.1 Å². The highest BCUT2D eigenvalue weighted by molar-refractivity contribution is 5.96. The minimum atomic E-state index is -0.622. The Morgan fingerprint density at radius 2 is 2.00 bits per heavy atom. The molecule has 3 N–H and O–H groups in total. The number of terminal acetylenes is 1. The molecule has 0 radical (unpaired) electrons. The Labute approximate surface area is 178 Å². The van der Waals surface area contributed by atoms with Gasteiger partial charge in [0.2, 0.25) is 5.91 Å². The summed E-state index contributed by atoms with van der Waals surface area (Å²) in [6, 6.07) is 3.54. The second-order valence-electron chi connectivity index (χ2n) is 7.77. The lowest BCUT2D eigenvalue weighted by molar-refractivity contribution is -0.116. The molecular formula is C22H32N4O4. The van der Waals surface area contributed by atoms with Crippen LogP contribution >= 0.6 is 0 Å². The number of carbonyl (C=O) groups is 1. The Bertz CT molecular complexity index is 756. The van der Waals surface area contributed by atoms with E-state index in [1.807, 2.05) is 0 Å². The molecule has 0 bridgehead atoms. The quantitative estimate of drug-likeness (QED) is 0.370. The molecule has 2 heterocycles. The van der Waals surface area contributed by atoms with E-state index in [2.05, 4.69) is 33.4 Å². The van der Waals surface area contributed by atoms with Crippen LogP contribution in [0.25, 0.3) is 0 Å². The van der Waals surface area contributed by atoms with E-state index in [1.54, 1.807) is 12.1 Å². The van der Waals surface area contributed by atoms with Crippen molar-refractivity contribution in [2.24, 2.45) is 0 Å². The Kier molecular flexibility index (Phi) is 8.34. The first kappa shape index (κ1) is 22.4. The zero-order chi connectivity index (χ0) is 21.3. The summed E-state index contributed by atoms with van der Waals surface area (Å²) in [4.78, 5) is 16.6. The van der Waals surface area contributed by atoms with E-state index in [4.69, 9.17) is 15.9 Å². The number of carbonyl (C=O) groups excluding carboxylic acids is 1. The highest BCUT2D eigenvalue weighted by Crippen LogP contribution is 2.38. The van der Waals surface area contributed by atoms with Crippen LogP contribution in [0.3, 0.4) is 0 Å². The van der Waals surface area contributed by atoms with Crippen LogP contribution in [0.2, 0.25) is 0 Å². The van der Waals surface area contributed by atoms with Crippen LogP contribution in [0.4, 0.5) is 5.69 Å². The fourth-order valence-corrected chi connectivity index (χ4v) is 3.63. The summed E-state index contributed by atoms with van der Waals surface area (Å²) in [7, 11) is 2.15. The van der Waals surface area contributed by atoms with Gasteiger partial charge in [-0.2, -0.15) is 0 Å². The highest BCUT2D eigenvalue weighted by atomic mass is 16.5. The molecule has 2 aliphatic rings. The summed E-state index contributed by atoms with van der Waals surface area (Å²) in [6.07, 6.45) is 5.59. The first-order valence-electron chi connectivity index (χ1n) is 10.5. The van der Waals surface area contributed by atoms with Crippen molar-refractivity contribution in [1.29, 1.82) is 0 Å². The number of aliphatic hydroxyl groups is 1. The van der Waals surface area contributed by atoms with Crippen molar-refractivity contribution in [3.8, 4) is 23.8 Å². The maximum Gasteiger partial charge on any atom is 0.224 e. The molecule has 1 aromatic carbocycles. The zero-order valence-corrected chi connectivity index (χ0v) is 17.7. The molecule has 0 spiro atoms. The minimum absolute atomic E-state index is 0.0604. The normalized spacial score (nSPS) is 18.2. The van der Waals surface area contributed by atoms with Crippen LogP contribution in [-0.4, -0.2) is 93.0 Å². The maximum absolute atomic E-state index is 11.8. The summed E-state index contributed by atoms with van der Waals surface area (Å²) in [5.41, 5.74) is 1.48. The second-order valence-corrected chi connectivity index (χ2v) is 7.77. The van der Waals surface area contributed by atoms with Crippen molar-refractivity contribution in [1.82, 2.24) is 15.1 Å². The molecule has 1 unspecified atom stereocenters. The molecule has 0 aliphatic carbocycles. The maximum atomic E-state index is 11.8. The van der Waals surface area contributed by atoms with Gasteiger partial charge in [-0.15, -0.1) is 6.42 Å². The molecule has 0 saturated carbocycles. The number of ether oxygens (including phenoxy) is 2. The average molecular weight is 417 g/mol. The second kappa shape index (κ2) is 11.2. The topological polar surface area (TPSA) is 86.3 Å². The number of amides is 1. The van der Waals surface area contributed by atoms with E-state index >= 15 is 0 Å². The molecule has 1 fully saturated rings. The lowest BCUT2D eigenvalue weighted by Crippen LogP contribution is -2.47. The molecule has 8 heteroatoms. The number of anilines is 1. The molecule has 8 nitrogen and oxygen atoms in total. The lowest BCUT2D eigenvalue weighted by Gasteiger charge is -2.32. The number of likely N-dealkylation sites (N-methyl/N-ethyl adjacent to an activating group) is 1.